The molecule has 0 unspecified atom stereocenters. The zero-order valence-corrected chi connectivity index (χ0v) is 10.2. The number of halogens is 2. The molecule has 3 heteroatoms. The van der Waals surface area contributed by atoms with E-state index in [1.54, 1.807) is 0 Å². The molecule has 78 valence electrons. The zero-order chi connectivity index (χ0) is 10.7. The second kappa shape index (κ2) is 4.90. The summed E-state index contributed by atoms with van der Waals surface area (Å²) in [5.41, 5.74) is 2.10. The third-order valence-electron chi connectivity index (χ3n) is 2.36. The fourth-order valence-electron chi connectivity index (χ4n) is 1.16. The van der Waals surface area contributed by atoms with Gasteiger partial charge in [-0.05, 0) is 31.5 Å². The number of hydrogen-bond donors (Lipinski definition) is 0. The first-order valence-corrected chi connectivity index (χ1v) is 5.54. The van der Waals surface area contributed by atoms with Gasteiger partial charge in [0.1, 0.15) is 0 Å². The Morgan fingerprint density at radius 3 is 2.43 bits per heavy atom. The lowest BCUT2D eigenvalue weighted by molar-refractivity contribution is 0.754. The van der Waals surface area contributed by atoms with Crippen LogP contribution in [0.2, 0.25) is 5.02 Å². The average molecular weight is 232 g/mol. The predicted molar refractivity (Wildman–Crippen MR) is 64.5 cm³/mol. The Morgan fingerprint density at radius 2 is 2.00 bits per heavy atom. The van der Waals surface area contributed by atoms with Crippen molar-refractivity contribution < 1.29 is 0 Å². The molecule has 14 heavy (non-hydrogen) atoms. The first-order valence-electron chi connectivity index (χ1n) is 4.63. The number of alkyl halides is 1. The number of nitrogens with zero attached hydrogens (tertiary/aromatic N) is 1. The van der Waals surface area contributed by atoms with E-state index in [1.807, 2.05) is 18.2 Å². The normalized spacial score (nSPS) is 10.7. The van der Waals surface area contributed by atoms with E-state index < -0.39 is 0 Å². The van der Waals surface area contributed by atoms with Crippen LogP contribution in [0.25, 0.3) is 0 Å². The van der Waals surface area contributed by atoms with E-state index in [0.29, 0.717) is 11.9 Å². The molecule has 0 aliphatic carbocycles. The van der Waals surface area contributed by atoms with Crippen molar-refractivity contribution >= 4 is 28.9 Å². The summed E-state index contributed by atoms with van der Waals surface area (Å²) in [5.74, 6) is 0.463. The van der Waals surface area contributed by atoms with E-state index in [1.165, 1.54) is 0 Å². The van der Waals surface area contributed by atoms with Gasteiger partial charge in [0.2, 0.25) is 0 Å². The summed E-state index contributed by atoms with van der Waals surface area (Å²) in [7, 11) is 2.05. The lowest BCUT2D eigenvalue weighted by atomic mass is 10.2. The largest absolute Gasteiger partial charge is 0.372 e. The van der Waals surface area contributed by atoms with Gasteiger partial charge in [-0.15, -0.1) is 11.6 Å². The van der Waals surface area contributed by atoms with Gasteiger partial charge in [0, 0.05) is 29.7 Å². The molecule has 0 radical (unpaired) electrons. The van der Waals surface area contributed by atoms with Crippen molar-refractivity contribution in [3.63, 3.8) is 0 Å². The molecule has 1 rings (SSSR count). The van der Waals surface area contributed by atoms with Gasteiger partial charge in [-0.3, -0.25) is 0 Å². The van der Waals surface area contributed by atoms with Gasteiger partial charge >= 0.3 is 0 Å². The molecule has 0 atom stereocenters. The topological polar surface area (TPSA) is 3.24 Å². The summed E-state index contributed by atoms with van der Waals surface area (Å²) < 4.78 is 0. The Kier molecular flexibility index (Phi) is 4.09. The monoisotopic (exact) mass is 231 g/mol. The highest BCUT2D eigenvalue weighted by Crippen LogP contribution is 2.25. The molecule has 1 aromatic carbocycles. The summed E-state index contributed by atoms with van der Waals surface area (Å²) >= 11 is 11.8. The Bertz CT molecular complexity index is 310. The van der Waals surface area contributed by atoms with Crippen LogP contribution in [0.1, 0.15) is 19.4 Å². The van der Waals surface area contributed by atoms with Crippen molar-refractivity contribution in [1.29, 1.82) is 0 Å². The average Bonchev–Trinajstić information content (AvgIpc) is 2.16. The molecule has 0 saturated heterocycles. The molecule has 0 aliphatic heterocycles. The Morgan fingerprint density at radius 1 is 1.36 bits per heavy atom. The second-order valence-electron chi connectivity index (χ2n) is 3.61. The third kappa shape index (κ3) is 2.55. The Labute approximate surface area is 95.6 Å². The predicted octanol–water partition coefficient (Wildman–Crippen LogP) is 3.92. The summed E-state index contributed by atoms with van der Waals surface area (Å²) in [6.45, 7) is 4.28. The molecule has 0 heterocycles. The minimum atomic E-state index is 0.463. The van der Waals surface area contributed by atoms with Crippen molar-refractivity contribution in [3.05, 3.63) is 28.8 Å². The van der Waals surface area contributed by atoms with E-state index in [0.717, 1.165) is 16.3 Å². The van der Waals surface area contributed by atoms with Crippen LogP contribution in [0, 0.1) is 0 Å². The molecule has 0 N–H and O–H groups in total. The number of hydrogen-bond acceptors (Lipinski definition) is 1. The van der Waals surface area contributed by atoms with Crippen LogP contribution in [0.5, 0.6) is 0 Å². The maximum Gasteiger partial charge on any atom is 0.0488 e. The van der Waals surface area contributed by atoms with Gasteiger partial charge in [-0.2, -0.15) is 0 Å². The van der Waals surface area contributed by atoms with Crippen LogP contribution >= 0.6 is 23.2 Å². The van der Waals surface area contributed by atoms with Crippen LogP contribution in [0.15, 0.2) is 18.2 Å². The van der Waals surface area contributed by atoms with Gasteiger partial charge in [-0.25, -0.2) is 0 Å². The van der Waals surface area contributed by atoms with Gasteiger partial charge in [0.15, 0.2) is 0 Å². The highest BCUT2D eigenvalue weighted by atomic mass is 35.5. The minimum absolute atomic E-state index is 0.463. The van der Waals surface area contributed by atoms with E-state index in [4.69, 9.17) is 23.2 Å². The summed E-state index contributed by atoms with van der Waals surface area (Å²) in [5, 5.41) is 0.741. The van der Waals surface area contributed by atoms with Crippen molar-refractivity contribution in [3.8, 4) is 0 Å². The molecule has 0 aliphatic rings. The van der Waals surface area contributed by atoms with Crippen LogP contribution in [0.3, 0.4) is 0 Å². The van der Waals surface area contributed by atoms with E-state index in [-0.39, 0.29) is 0 Å². The van der Waals surface area contributed by atoms with Crippen molar-refractivity contribution in [1.82, 2.24) is 0 Å². The van der Waals surface area contributed by atoms with Gasteiger partial charge in [0.25, 0.3) is 0 Å². The van der Waals surface area contributed by atoms with Crippen molar-refractivity contribution in [2.45, 2.75) is 25.8 Å². The summed E-state index contributed by atoms with van der Waals surface area (Å²) in [6, 6.07) is 6.44. The maximum atomic E-state index is 6.07. The molecule has 0 spiro atoms. The third-order valence-corrected chi connectivity index (χ3v) is 3.00. The maximum absolute atomic E-state index is 6.07. The fourth-order valence-corrected chi connectivity index (χ4v) is 1.71. The molecular weight excluding hydrogens is 217 g/mol. The van der Waals surface area contributed by atoms with Gasteiger partial charge < -0.3 is 4.90 Å². The number of anilines is 1. The number of rotatable bonds is 3. The van der Waals surface area contributed by atoms with Crippen molar-refractivity contribution in [2.75, 3.05) is 11.9 Å². The Balaban J connectivity index is 2.96. The van der Waals surface area contributed by atoms with Crippen LogP contribution < -0.4 is 4.90 Å². The van der Waals surface area contributed by atoms with Crippen LogP contribution in [-0.4, -0.2) is 13.1 Å². The lowest BCUT2D eigenvalue weighted by Crippen LogP contribution is -2.25. The summed E-state index contributed by atoms with van der Waals surface area (Å²) in [6.07, 6.45) is 0. The standard InChI is InChI=1S/C11H15Cl2N/c1-8(2)14(3)10-5-4-9(7-12)11(13)6-10/h4-6,8H,7H2,1-3H3. The molecular formula is C11H15Cl2N. The van der Waals surface area contributed by atoms with E-state index in [9.17, 15) is 0 Å². The Hall–Kier alpha value is -0.400. The van der Waals surface area contributed by atoms with Gasteiger partial charge in [0.05, 0.1) is 0 Å². The van der Waals surface area contributed by atoms with E-state index in [2.05, 4.69) is 25.8 Å². The fraction of sp³-hybridized carbons (Fsp3) is 0.455. The molecule has 0 saturated carbocycles. The molecule has 1 nitrogen and oxygen atoms in total. The number of benzene rings is 1. The summed E-state index contributed by atoms with van der Waals surface area (Å²) in [4.78, 5) is 2.17. The molecule has 0 fully saturated rings. The molecule has 0 bridgehead atoms. The quantitative estimate of drug-likeness (QED) is 0.714. The zero-order valence-electron chi connectivity index (χ0n) is 8.72. The van der Waals surface area contributed by atoms with Crippen LogP contribution in [-0.2, 0) is 5.88 Å². The molecule has 0 aromatic heterocycles. The second-order valence-corrected chi connectivity index (χ2v) is 4.29. The smallest absolute Gasteiger partial charge is 0.0488 e. The molecule has 1 aromatic rings. The van der Waals surface area contributed by atoms with E-state index >= 15 is 0 Å². The highest BCUT2D eigenvalue weighted by molar-refractivity contribution is 6.32. The van der Waals surface area contributed by atoms with Gasteiger partial charge in [-0.1, -0.05) is 17.7 Å². The first kappa shape index (κ1) is 11.7. The first-order chi connectivity index (χ1) is 6.56. The molecule has 0 amide bonds. The SMILES string of the molecule is CC(C)N(C)c1ccc(CCl)c(Cl)c1. The van der Waals surface area contributed by atoms with Crippen LogP contribution in [0.4, 0.5) is 5.69 Å². The minimum Gasteiger partial charge on any atom is -0.372 e. The lowest BCUT2D eigenvalue weighted by Gasteiger charge is -2.24. The highest BCUT2D eigenvalue weighted by Gasteiger charge is 2.07. The van der Waals surface area contributed by atoms with Crippen molar-refractivity contribution in [2.24, 2.45) is 0 Å².